The minimum absolute atomic E-state index is 0.164. The van der Waals surface area contributed by atoms with Gasteiger partial charge in [0.25, 0.3) is 0 Å². The molecule has 0 radical (unpaired) electrons. The largest absolute Gasteiger partial charge is 0.381 e. The van der Waals surface area contributed by atoms with Crippen LogP contribution in [0.5, 0.6) is 0 Å². The normalized spacial score (nSPS) is 52.0. The van der Waals surface area contributed by atoms with Crippen molar-refractivity contribution < 1.29 is 14.7 Å². The predicted molar refractivity (Wildman–Crippen MR) is 94.6 cm³/mol. The molecule has 3 saturated carbocycles. The Bertz CT molecular complexity index is 688. The van der Waals surface area contributed by atoms with E-state index in [1.54, 1.807) is 6.08 Å². The molecule has 5 N–H and O–H groups in total. The molecule has 0 aromatic rings. The van der Waals surface area contributed by atoms with Crippen molar-refractivity contribution in [3.8, 4) is 0 Å². The quantitative estimate of drug-likeness (QED) is 0.669. The Balaban J connectivity index is 1.76. The standard InChI is InChI=1S/C20H30N2O3/c1-12(23)20(25)10-9-19(22)16-4-3-13-11-14(24)5-8-18(13,21)15(16)6-7-17(19,20)2/h11,15-16,25H,3-10,21-22H2,1-2H3. The van der Waals surface area contributed by atoms with Crippen LogP contribution in [0.1, 0.15) is 65.2 Å². The molecule has 25 heavy (non-hydrogen) atoms. The van der Waals surface area contributed by atoms with Crippen LogP contribution in [-0.4, -0.2) is 33.4 Å². The van der Waals surface area contributed by atoms with Gasteiger partial charge in [-0.3, -0.25) is 9.59 Å². The molecule has 6 atom stereocenters. The zero-order chi connectivity index (χ0) is 18.3. The third-order valence-electron chi connectivity index (χ3n) is 8.63. The number of hydrogen-bond acceptors (Lipinski definition) is 5. The summed E-state index contributed by atoms with van der Waals surface area (Å²) in [5.41, 5.74) is 12.1. The molecule has 0 aromatic heterocycles. The first kappa shape index (κ1) is 17.4. The molecular weight excluding hydrogens is 316 g/mol. The maximum absolute atomic E-state index is 12.3. The highest BCUT2D eigenvalue weighted by Gasteiger charge is 2.71. The van der Waals surface area contributed by atoms with Crippen LogP contribution in [0.2, 0.25) is 0 Å². The third-order valence-corrected chi connectivity index (χ3v) is 8.63. The van der Waals surface area contributed by atoms with E-state index in [9.17, 15) is 14.7 Å². The van der Waals surface area contributed by atoms with Crippen LogP contribution in [0.15, 0.2) is 11.6 Å². The number of hydrogen-bond donors (Lipinski definition) is 3. The van der Waals surface area contributed by atoms with E-state index in [0.717, 1.165) is 24.8 Å². The minimum atomic E-state index is -1.33. The molecule has 5 nitrogen and oxygen atoms in total. The van der Waals surface area contributed by atoms with Gasteiger partial charge in [0.1, 0.15) is 5.60 Å². The zero-order valence-electron chi connectivity index (χ0n) is 15.3. The molecule has 0 spiro atoms. The fraction of sp³-hybridized carbons (Fsp3) is 0.800. The van der Waals surface area contributed by atoms with E-state index in [-0.39, 0.29) is 23.4 Å². The molecule has 0 aliphatic heterocycles. The van der Waals surface area contributed by atoms with Gasteiger partial charge in [0.2, 0.25) is 0 Å². The Morgan fingerprint density at radius 3 is 2.52 bits per heavy atom. The molecule has 0 amide bonds. The monoisotopic (exact) mass is 346 g/mol. The fourth-order valence-electron chi connectivity index (χ4n) is 6.93. The van der Waals surface area contributed by atoms with E-state index in [2.05, 4.69) is 0 Å². The van der Waals surface area contributed by atoms with Crippen molar-refractivity contribution in [2.75, 3.05) is 0 Å². The van der Waals surface area contributed by atoms with E-state index < -0.39 is 22.1 Å². The summed E-state index contributed by atoms with van der Waals surface area (Å²) in [5, 5.41) is 11.2. The lowest BCUT2D eigenvalue weighted by Crippen LogP contribution is -2.71. The molecule has 4 aliphatic rings. The molecule has 3 fully saturated rings. The molecule has 138 valence electrons. The average molecular weight is 346 g/mol. The van der Waals surface area contributed by atoms with E-state index in [4.69, 9.17) is 11.5 Å². The smallest absolute Gasteiger partial charge is 0.161 e. The van der Waals surface area contributed by atoms with Gasteiger partial charge in [-0.1, -0.05) is 6.92 Å². The summed E-state index contributed by atoms with van der Waals surface area (Å²) >= 11 is 0. The van der Waals surface area contributed by atoms with Crippen molar-refractivity contribution in [3.63, 3.8) is 0 Å². The van der Waals surface area contributed by atoms with E-state index in [0.29, 0.717) is 32.1 Å². The molecule has 0 aromatic carbocycles. The van der Waals surface area contributed by atoms with Gasteiger partial charge in [-0.15, -0.1) is 0 Å². The first-order valence-corrected chi connectivity index (χ1v) is 9.64. The first-order chi connectivity index (χ1) is 11.6. The maximum atomic E-state index is 12.3. The Hall–Kier alpha value is -1.04. The van der Waals surface area contributed by atoms with Gasteiger partial charge in [0.05, 0.1) is 0 Å². The number of Topliss-reactive ketones (excluding diaryl/α,β-unsaturated/α-hetero) is 1. The van der Waals surface area contributed by atoms with Crippen LogP contribution in [0.3, 0.4) is 0 Å². The van der Waals surface area contributed by atoms with Crippen molar-refractivity contribution in [1.82, 2.24) is 0 Å². The summed E-state index contributed by atoms with van der Waals surface area (Å²) in [6.45, 7) is 3.50. The highest BCUT2D eigenvalue weighted by atomic mass is 16.3. The maximum Gasteiger partial charge on any atom is 0.161 e. The van der Waals surface area contributed by atoms with Crippen LogP contribution >= 0.6 is 0 Å². The predicted octanol–water partition coefficient (Wildman–Crippen LogP) is 1.61. The first-order valence-electron chi connectivity index (χ1n) is 9.64. The van der Waals surface area contributed by atoms with E-state index >= 15 is 0 Å². The van der Waals surface area contributed by atoms with E-state index in [1.807, 2.05) is 6.92 Å². The van der Waals surface area contributed by atoms with Gasteiger partial charge in [-0.2, -0.15) is 0 Å². The molecule has 5 heteroatoms. The van der Waals surface area contributed by atoms with Crippen LogP contribution in [-0.2, 0) is 9.59 Å². The van der Waals surface area contributed by atoms with Crippen LogP contribution in [0.4, 0.5) is 0 Å². The van der Waals surface area contributed by atoms with Crippen molar-refractivity contribution >= 4 is 11.6 Å². The van der Waals surface area contributed by atoms with Crippen LogP contribution < -0.4 is 11.5 Å². The molecule has 4 rings (SSSR count). The van der Waals surface area contributed by atoms with Gasteiger partial charge in [0.15, 0.2) is 11.6 Å². The fourth-order valence-corrected chi connectivity index (χ4v) is 6.93. The summed E-state index contributed by atoms with van der Waals surface area (Å²) in [6, 6.07) is 0. The molecule has 0 saturated heterocycles. The number of rotatable bonds is 1. The number of carbonyl (C=O) groups is 2. The Morgan fingerprint density at radius 1 is 1.12 bits per heavy atom. The second kappa shape index (κ2) is 5.02. The van der Waals surface area contributed by atoms with Crippen molar-refractivity contribution in [1.29, 1.82) is 0 Å². The number of nitrogens with two attached hydrogens (primary N) is 2. The SMILES string of the molecule is CC(=O)C1(O)CCC2(N)C3CCC4=CC(=O)CCC4(N)C3CCC12C. The Kier molecular flexibility index (Phi) is 3.49. The summed E-state index contributed by atoms with van der Waals surface area (Å²) < 4.78 is 0. The number of ketones is 2. The number of fused-ring (bicyclic) bond motifs is 5. The van der Waals surface area contributed by atoms with E-state index in [1.165, 1.54) is 6.92 Å². The van der Waals surface area contributed by atoms with Crippen molar-refractivity contribution in [3.05, 3.63) is 11.6 Å². The van der Waals surface area contributed by atoms with Gasteiger partial charge >= 0.3 is 0 Å². The summed E-state index contributed by atoms with van der Waals surface area (Å²) in [6.07, 6.45) is 7.35. The minimum Gasteiger partial charge on any atom is -0.381 e. The lowest BCUT2D eigenvalue weighted by Gasteiger charge is -2.62. The van der Waals surface area contributed by atoms with Crippen molar-refractivity contribution in [2.45, 2.75) is 81.9 Å². The Morgan fingerprint density at radius 2 is 1.84 bits per heavy atom. The zero-order valence-corrected chi connectivity index (χ0v) is 15.3. The molecular formula is C20H30N2O3. The molecule has 6 unspecified atom stereocenters. The van der Waals surface area contributed by atoms with Gasteiger partial charge in [-0.25, -0.2) is 0 Å². The molecule has 0 bridgehead atoms. The second-order valence-electron chi connectivity index (χ2n) is 9.26. The topological polar surface area (TPSA) is 106 Å². The van der Waals surface area contributed by atoms with Gasteiger partial charge in [-0.05, 0) is 75.4 Å². The number of carbonyl (C=O) groups excluding carboxylic acids is 2. The van der Waals surface area contributed by atoms with Crippen LogP contribution in [0, 0.1) is 17.3 Å². The third kappa shape index (κ3) is 1.89. The summed E-state index contributed by atoms with van der Waals surface area (Å²) in [7, 11) is 0. The molecule has 4 aliphatic carbocycles. The number of aliphatic hydroxyl groups is 1. The van der Waals surface area contributed by atoms with Gasteiger partial charge in [0, 0.05) is 22.9 Å². The highest BCUT2D eigenvalue weighted by Crippen LogP contribution is 2.66. The second-order valence-corrected chi connectivity index (χ2v) is 9.26. The average Bonchev–Trinajstić information content (AvgIpc) is 2.78. The van der Waals surface area contributed by atoms with Crippen molar-refractivity contribution in [2.24, 2.45) is 28.7 Å². The lowest BCUT2D eigenvalue weighted by molar-refractivity contribution is -0.161. The van der Waals surface area contributed by atoms with Gasteiger partial charge < -0.3 is 16.6 Å². The molecule has 0 heterocycles. The summed E-state index contributed by atoms with van der Waals surface area (Å²) in [5.74, 6) is 0.440. The Labute approximate surface area is 149 Å². The lowest BCUT2D eigenvalue weighted by atomic mass is 9.45. The van der Waals surface area contributed by atoms with Crippen LogP contribution in [0.25, 0.3) is 0 Å². The highest BCUT2D eigenvalue weighted by molar-refractivity contribution is 5.92. The summed E-state index contributed by atoms with van der Waals surface area (Å²) in [4.78, 5) is 24.1.